The van der Waals surface area contributed by atoms with Crippen molar-refractivity contribution in [3.05, 3.63) is 39.7 Å². The van der Waals surface area contributed by atoms with Crippen LogP contribution in [0.2, 0.25) is 0 Å². The minimum Gasteiger partial charge on any atom is -0.397 e. The zero-order valence-electron chi connectivity index (χ0n) is 11.6. The van der Waals surface area contributed by atoms with Crippen LogP contribution in [0.5, 0.6) is 0 Å². The molecule has 1 amide bonds. The number of nitrogen functional groups attached to an aromatic ring is 1. The van der Waals surface area contributed by atoms with Crippen LogP contribution in [0.25, 0.3) is 10.1 Å². The molecule has 1 heterocycles. The van der Waals surface area contributed by atoms with E-state index < -0.39 is 0 Å². The van der Waals surface area contributed by atoms with Gasteiger partial charge in [-0.25, -0.2) is 0 Å². The van der Waals surface area contributed by atoms with Gasteiger partial charge in [0.25, 0.3) is 5.91 Å². The molecular weight excluding hydrogens is 348 g/mol. The van der Waals surface area contributed by atoms with E-state index >= 15 is 0 Å². The quantitative estimate of drug-likeness (QED) is 0.796. The summed E-state index contributed by atoms with van der Waals surface area (Å²) in [7, 11) is 0. The average Bonchev–Trinajstić information content (AvgIpc) is 2.83. The molecule has 1 aromatic carbocycles. The fraction of sp³-hybridized carbons (Fsp3) is 0.312. The van der Waals surface area contributed by atoms with Crippen molar-refractivity contribution >= 4 is 48.9 Å². The SMILES string of the molecule is Nc1c(C(=O)NCC2CC=CCC2)sc2ccc(Br)cc12. The van der Waals surface area contributed by atoms with Crippen LogP contribution in [0.3, 0.4) is 0 Å². The molecule has 1 aliphatic rings. The Morgan fingerprint density at radius 2 is 2.29 bits per heavy atom. The second-order valence-electron chi connectivity index (χ2n) is 5.35. The summed E-state index contributed by atoms with van der Waals surface area (Å²) in [5.41, 5.74) is 6.72. The number of halogens is 1. The molecule has 0 saturated heterocycles. The Hall–Kier alpha value is -1.33. The molecule has 1 aliphatic carbocycles. The van der Waals surface area contributed by atoms with Gasteiger partial charge in [0.15, 0.2) is 0 Å². The topological polar surface area (TPSA) is 55.1 Å². The highest BCUT2D eigenvalue weighted by atomic mass is 79.9. The maximum Gasteiger partial charge on any atom is 0.263 e. The fourth-order valence-corrected chi connectivity index (χ4v) is 4.00. The summed E-state index contributed by atoms with van der Waals surface area (Å²) in [5.74, 6) is 0.489. The first kappa shape index (κ1) is 14.6. The molecule has 2 aromatic rings. The Labute approximate surface area is 136 Å². The predicted molar refractivity (Wildman–Crippen MR) is 92.8 cm³/mol. The number of carbonyl (C=O) groups is 1. The maximum absolute atomic E-state index is 12.4. The van der Waals surface area contributed by atoms with Crippen molar-refractivity contribution in [3.8, 4) is 0 Å². The molecule has 1 unspecified atom stereocenters. The van der Waals surface area contributed by atoms with E-state index in [1.807, 2.05) is 18.2 Å². The van der Waals surface area contributed by atoms with Gasteiger partial charge in [-0.1, -0.05) is 28.1 Å². The van der Waals surface area contributed by atoms with E-state index in [1.54, 1.807) is 0 Å². The number of fused-ring (bicyclic) bond motifs is 1. The molecule has 21 heavy (non-hydrogen) atoms. The van der Waals surface area contributed by atoms with Crippen LogP contribution in [0.4, 0.5) is 5.69 Å². The Kier molecular flexibility index (Phi) is 4.31. The van der Waals surface area contributed by atoms with Crippen molar-refractivity contribution < 1.29 is 4.79 Å². The zero-order valence-corrected chi connectivity index (χ0v) is 14.0. The largest absolute Gasteiger partial charge is 0.397 e. The summed E-state index contributed by atoms with van der Waals surface area (Å²) in [4.78, 5) is 13.0. The van der Waals surface area contributed by atoms with Crippen LogP contribution in [-0.4, -0.2) is 12.5 Å². The van der Waals surface area contributed by atoms with Crippen molar-refractivity contribution in [1.82, 2.24) is 5.32 Å². The third-order valence-corrected chi connectivity index (χ3v) is 5.50. The van der Waals surface area contributed by atoms with Gasteiger partial charge in [0, 0.05) is 21.1 Å². The first-order valence-electron chi connectivity index (χ1n) is 7.06. The maximum atomic E-state index is 12.4. The molecular formula is C16H17BrN2OS. The van der Waals surface area contributed by atoms with E-state index in [4.69, 9.17) is 5.73 Å². The van der Waals surface area contributed by atoms with Crippen LogP contribution in [-0.2, 0) is 0 Å². The number of amides is 1. The molecule has 0 spiro atoms. The van der Waals surface area contributed by atoms with Gasteiger partial charge in [0.1, 0.15) is 4.88 Å². The molecule has 1 aromatic heterocycles. The van der Waals surface area contributed by atoms with E-state index in [-0.39, 0.29) is 5.91 Å². The lowest BCUT2D eigenvalue weighted by Crippen LogP contribution is -2.29. The van der Waals surface area contributed by atoms with Crippen molar-refractivity contribution in [2.45, 2.75) is 19.3 Å². The summed E-state index contributed by atoms with van der Waals surface area (Å²) in [6, 6.07) is 5.92. The Morgan fingerprint density at radius 1 is 1.43 bits per heavy atom. The fourth-order valence-electron chi connectivity index (χ4n) is 2.62. The highest BCUT2D eigenvalue weighted by Gasteiger charge is 2.18. The van der Waals surface area contributed by atoms with Gasteiger partial charge in [-0.2, -0.15) is 0 Å². The first-order valence-corrected chi connectivity index (χ1v) is 8.67. The average molecular weight is 365 g/mol. The summed E-state index contributed by atoms with van der Waals surface area (Å²) >= 11 is 4.89. The number of allylic oxidation sites excluding steroid dienone is 2. The highest BCUT2D eigenvalue weighted by Crippen LogP contribution is 2.35. The molecule has 0 aliphatic heterocycles. The summed E-state index contributed by atoms with van der Waals surface area (Å²) < 4.78 is 2.02. The van der Waals surface area contributed by atoms with Crippen LogP contribution in [0, 0.1) is 5.92 Å². The highest BCUT2D eigenvalue weighted by molar-refractivity contribution is 9.10. The third-order valence-electron chi connectivity index (χ3n) is 3.82. The molecule has 0 fully saturated rings. The normalized spacial score (nSPS) is 18.0. The Bertz CT molecular complexity index is 708. The van der Waals surface area contributed by atoms with Crippen molar-refractivity contribution in [1.29, 1.82) is 0 Å². The van der Waals surface area contributed by atoms with Crippen LogP contribution >= 0.6 is 27.3 Å². The van der Waals surface area contributed by atoms with E-state index in [0.29, 0.717) is 16.5 Å². The predicted octanol–water partition coefficient (Wildman–Crippen LogP) is 4.33. The molecule has 0 radical (unpaired) electrons. The van der Waals surface area contributed by atoms with E-state index in [0.717, 1.165) is 40.4 Å². The summed E-state index contributed by atoms with van der Waals surface area (Å²) in [6.45, 7) is 0.723. The molecule has 0 bridgehead atoms. The number of anilines is 1. The van der Waals surface area contributed by atoms with Gasteiger partial charge in [-0.05, 0) is 43.4 Å². The van der Waals surface area contributed by atoms with E-state index in [2.05, 4.69) is 33.4 Å². The van der Waals surface area contributed by atoms with Crippen molar-refractivity contribution in [3.63, 3.8) is 0 Å². The summed E-state index contributed by atoms with van der Waals surface area (Å²) in [6.07, 6.45) is 7.71. The van der Waals surface area contributed by atoms with E-state index in [1.165, 1.54) is 11.3 Å². The minimum atomic E-state index is -0.0561. The molecule has 5 heteroatoms. The zero-order chi connectivity index (χ0) is 14.8. The first-order chi connectivity index (χ1) is 10.1. The number of thiophene rings is 1. The lowest BCUT2D eigenvalue weighted by atomic mass is 9.94. The molecule has 1 atom stereocenters. The molecule has 3 nitrogen and oxygen atoms in total. The monoisotopic (exact) mass is 364 g/mol. The number of carbonyl (C=O) groups excluding carboxylic acids is 1. The standard InChI is InChI=1S/C16H17BrN2OS/c17-11-6-7-13-12(8-11)14(18)15(21-13)16(20)19-9-10-4-2-1-3-5-10/h1-2,6-8,10H,3-5,9,18H2,(H,19,20). The van der Waals surface area contributed by atoms with Crippen molar-refractivity contribution in [2.75, 3.05) is 12.3 Å². The number of hydrogen-bond acceptors (Lipinski definition) is 3. The third kappa shape index (κ3) is 3.14. The van der Waals surface area contributed by atoms with Gasteiger partial charge in [-0.3, -0.25) is 4.79 Å². The van der Waals surface area contributed by atoms with Crippen LogP contribution in [0.1, 0.15) is 28.9 Å². The summed E-state index contributed by atoms with van der Waals surface area (Å²) in [5, 5.41) is 3.98. The molecule has 110 valence electrons. The smallest absolute Gasteiger partial charge is 0.263 e. The van der Waals surface area contributed by atoms with Crippen molar-refractivity contribution in [2.24, 2.45) is 5.92 Å². The number of hydrogen-bond donors (Lipinski definition) is 2. The second-order valence-corrected chi connectivity index (χ2v) is 7.31. The van der Waals surface area contributed by atoms with Gasteiger partial charge in [-0.15, -0.1) is 11.3 Å². The molecule has 3 rings (SSSR count). The second kappa shape index (κ2) is 6.20. The number of nitrogens with two attached hydrogens (primary N) is 1. The number of rotatable bonds is 3. The number of nitrogens with one attached hydrogen (secondary N) is 1. The molecule has 0 saturated carbocycles. The van der Waals surface area contributed by atoms with Gasteiger partial charge in [0.2, 0.25) is 0 Å². The van der Waals surface area contributed by atoms with Crippen LogP contribution < -0.4 is 11.1 Å². The molecule has 3 N–H and O–H groups in total. The lowest BCUT2D eigenvalue weighted by Gasteiger charge is -2.17. The lowest BCUT2D eigenvalue weighted by molar-refractivity contribution is 0.0951. The van der Waals surface area contributed by atoms with E-state index in [9.17, 15) is 4.79 Å². The minimum absolute atomic E-state index is 0.0561. The van der Waals surface area contributed by atoms with Gasteiger partial charge >= 0.3 is 0 Å². The number of benzene rings is 1. The van der Waals surface area contributed by atoms with Gasteiger partial charge < -0.3 is 11.1 Å². The Balaban J connectivity index is 1.75. The van der Waals surface area contributed by atoms with Gasteiger partial charge in [0.05, 0.1) is 5.69 Å². The Morgan fingerprint density at radius 3 is 3.05 bits per heavy atom. The van der Waals surface area contributed by atoms with Crippen LogP contribution in [0.15, 0.2) is 34.8 Å².